The summed E-state index contributed by atoms with van der Waals surface area (Å²) in [4.78, 5) is 16.5. The van der Waals surface area contributed by atoms with Crippen LogP contribution in [0.1, 0.15) is 20.2 Å². The molecule has 18 heavy (non-hydrogen) atoms. The van der Waals surface area contributed by atoms with Gasteiger partial charge in [0.25, 0.3) is 5.91 Å². The SMILES string of the molecule is Cc1ncc(C(=O)Nc2cc(Br)ccc2C#N)s1. The molecule has 1 N–H and O–H groups in total. The first kappa shape index (κ1) is 12.7. The Hall–Kier alpha value is -1.71. The molecule has 90 valence electrons. The highest BCUT2D eigenvalue weighted by molar-refractivity contribution is 9.10. The summed E-state index contributed by atoms with van der Waals surface area (Å²) >= 11 is 4.62. The van der Waals surface area contributed by atoms with E-state index < -0.39 is 0 Å². The van der Waals surface area contributed by atoms with Crippen molar-refractivity contribution in [3.63, 3.8) is 0 Å². The number of benzene rings is 1. The van der Waals surface area contributed by atoms with Crippen molar-refractivity contribution in [2.75, 3.05) is 5.32 Å². The Morgan fingerprint density at radius 1 is 1.56 bits per heavy atom. The Labute approximate surface area is 116 Å². The number of rotatable bonds is 2. The van der Waals surface area contributed by atoms with Gasteiger partial charge in [0.1, 0.15) is 10.9 Å². The Morgan fingerprint density at radius 2 is 2.33 bits per heavy atom. The Balaban J connectivity index is 2.27. The highest BCUT2D eigenvalue weighted by Gasteiger charge is 2.11. The molecular weight excluding hydrogens is 314 g/mol. The number of aromatic nitrogens is 1. The fourth-order valence-electron chi connectivity index (χ4n) is 1.37. The average molecular weight is 322 g/mol. The molecule has 0 fully saturated rings. The number of hydrogen-bond acceptors (Lipinski definition) is 4. The summed E-state index contributed by atoms with van der Waals surface area (Å²) in [7, 11) is 0. The lowest BCUT2D eigenvalue weighted by molar-refractivity contribution is 0.103. The molecule has 1 aromatic heterocycles. The van der Waals surface area contributed by atoms with E-state index in [0.29, 0.717) is 16.1 Å². The van der Waals surface area contributed by atoms with Crippen LogP contribution in [0.15, 0.2) is 28.9 Å². The Kier molecular flexibility index (Phi) is 3.75. The van der Waals surface area contributed by atoms with Crippen LogP contribution in [0.5, 0.6) is 0 Å². The number of anilines is 1. The van der Waals surface area contributed by atoms with E-state index in [0.717, 1.165) is 9.48 Å². The first-order valence-corrected chi connectivity index (χ1v) is 6.64. The number of carbonyl (C=O) groups excluding carboxylic acids is 1. The summed E-state index contributed by atoms with van der Waals surface area (Å²) < 4.78 is 0.803. The molecule has 0 saturated carbocycles. The van der Waals surface area contributed by atoms with E-state index in [1.807, 2.05) is 13.0 Å². The molecule has 0 aliphatic rings. The normalized spacial score (nSPS) is 9.83. The van der Waals surface area contributed by atoms with Crippen molar-refractivity contribution < 1.29 is 4.79 Å². The van der Waals surface area contributed by atoms with Crippen LogP contribution in [-0.4, -0.2) is 10.9 Å². The standard InChI is InChI=1S/C12H8BrN3OS/c1-7-15-6-11(18-7)12(17)16-10-4-9(13)3-2-8(10)5-14/h2-4,6H,1H3,(H,16,17). The Bertz CT molecular complexity index is 645. The predicted molar refractivity (Wildman–Crippen MR) is 73.7 cm³/mol. The van der Waals surface area contributed by atoms with Crippen molar-refractivity contribution in [3.05, 3.63) is 44.3 Å². The van der Waals surface area contributed by atoms with Gasteiger partial charge in [0.15, 0.2) is 0 Å². The van der Waals surface area contributed by atoms with Crippen LogP contribution in [0.2, 0.25) is 0 Å². The summed E-state index contributed by atoms with van der Waals surface area (Å²) in [6.45, 7) is 1.83. The minimum absolute atomic E-state index is 0.254. The van der Waals surface area contributed by atoms with E-state index in [4.69, 9.17) is 5.26 Å². The number of hydrogen-bond donors (Lipinski definition) is 1. The molecule has 6 heteroatoms. The lowest BCUT2D eigenvalue weighted by atomic mass is 10.2. The maximum Gasteiger partial charge on any atom is 0.267 e. The zero-order valence-electron chi connectivity index (χ0n) is 9.40. The molecule has 0 spiro atoms. The van der Waals surface area contributed by atoms with Crippen LogP contribution in [0.4, 0.5) is 5.69 Å². The zero-order valence-corrected chi connectivity index (χ0v) is 11.8. The number of nitrogens with one attached hydrogen (secondary N) is 1. The van der Waals surface area contributed by atoms with Gasteiger partial charge in [0.2, 0.25) is 0 Å². The van der Waals surface area contributed by atoms with Crippen molar-refractivity contribution in [1.29, 1.82) is 5.26 Å². The molecular formula is C12H8BrN3OS. The van der Waals surface area contributed by atoms with Gasteiger partial charge in [-0.15, -0.1) is 11.3 Å². The van der Waals surface area contributed by atoms with E-state index >= 15 is 0 Å². The molecule has 1 aromatic carbocycles. The molecule has 0 saturated heterocycles. The number of aryl methyl sites for hydroxylation is 1. The van der Waals surface area contributed by atoms with Crippen LogP contribution in [0.25, 0.3) is 0 Å². The minimum atomic E-state index is -0.254. The summed E-state index contributed by atoms with van der Waals surface area (Å²) in [5.41, 5.74) is 0.913. The zero-order chi connectivity index (χ0) is 13.1. The molecule has 0 aliphatic carbocycles. The Morgan fingerprint density at radius 3 is 2.94 bits per heavy atom. The molecule has 0 bridgehead atoms. The van der Waals surface area contributed by atoms with E-state index in [-0.39, 0.29) is 5.91 Å². The van der Waals surface area contributed by atoms with Crippen LogP contribution in [0.3, 0.4) is 0 Å². The van der Waals surface area contributed by atoms with Crippen LogP contribution < -0.4 is 5.32 Å². The molecule has 2 aromatic rings. The highest BCUT2D eigenvalue weighted by Crippen LogP contribution is 2.22. The smallest absolute Gasteiger partial charge is 0.267 e. The second-order valence-electron chi connectivity index (χ2n) is 3.50. The maximum atomic E-state index is 11.9. The van der Waals surface area contributed by atoms with Gasteiger partial charge in [-0.05, 0) is 25.1 Å². The number of halogens is 1. The quantitative estimate of drug-likeness (QED) is 0.922. The van der Waals surface area contributed by atoms with E-state index in [9.17, 15) is 4.79 Å². The fraction of sp³-hybridized carbons (Fsp3) is 0.0833. The van der Waals surface area contributed by atoms with Gasteiger partial charge in [-0.3, -0.25) is 4.79 Å². The van der Waals surface area contributed by atoms with Crippen molar-refractivity contribution in [2.24, 2.45) is 0 Å². The third-order valence-corrected chi connectivity index (χ3v) is 3.60. The summed E-state index contributed by atoms with van der Waals surface area (Å²) in [5, 5.41) is 12.5. The van der Waals surface area contributed by atoms with Crippen molar-refractivity contribution >= 4 is 38.9 Å². The first-order chi connectivity index (χ1) is 8.60. The monoisotopic (exact) mass is 321 g/mol. The van der Waals surface area contributed by atoms with Crippen molar-refractivity contribution in [1.82, 2.24) is 4.98 Å². The van der Waals surface area contributed by atoms with Crippen LogP contribution in [0, 0.1) is 18.3 Å². The summed E-state index contributed by atoms with van der Waals surface area (Å²) in [6.07, 6.45) is 1.53. The summed E-state index contributed by atoms with van der Waals surface area (Å²) in [5.74, 6) is -0.254. The topological polar surface area (TPSA) is 65.8 Å². The van der Waals surface area contributed by atoms with Crippen LogP contribution in [-0.2, 0) is 0 Å². The van der Waals surface area contributed by atoms with E-state index in [1.165, 1.54) is 17.5 Å². The van der Waals surface area contributed by atoms with Gasteiger partial charge in [0.05, 0.1) is 22.5 Å². The fourth-order valence-corrected chi connectivity index (χ4v) is 2.40. The minimum Gasteiger partial charge on any atom is -0.320 e. The number of carbonyl (C=O) groups is 1. The number of nitrogens with zero attached hydrogens (tertiary/aromatic N) is 2. The predicted octanol–water partition coefficient (Wildman–Crippen LogP) is 3.34. The molecule has 1 heterocycles. The van der Waals surface area contributed by atoms with E-state index in [1.54, 1.807) is 18.2 Å². The molecule has 4 nitrogen and oxygen atoms in total. The van der Waals surface area contributed by atoms with Gasteiger partial charge >= 0.3 is 0 Å². The molecule has 0 radical (unpaired) electrons. The molecule has 0 atom stereocenters. The van der Waals surface area contributed by atoms with Crippen molar-refractivity contribution in [2.45, 2.75) is 6.92 Å². The first-order valence-electron chi connectivity index (χ1n) is 5.03. The third kappa shape index (κ3) is 2.75. The second-order valence-corrected chi connectivity index (χ2v) is 5.65. The average Bonchev–Trinajstić information content (AvgIpc) is 2.76. The highest BCUT2D eigenvalue weighted by atomic mass is 79.9. The maximum absolute atomic E-state index is 11.9. The lowest BCUT2D eigenvalue weighted by Crippen LogP contribution is -2.11. The third-order valence-electron chi connectivity index (χ3n) is 2.20. The second kappa shape index (κ2) is 5.29. The largest absolute Gasteiger partial charge is 0.320 e. The lowest BCUT2D eigenvalue weighted by Gasteiger charge is -2.05. The molecule has 0 unspecified atom stereocenters. The molecule has 1 amide bonds. The van der Waals surface area contributed by atoms with Gasteiger partial charge < -0.3 is 5.32 Å². The summed E-state index contributed by atoms with van der Waals surface area (Å²) in [6, 6.07) is 7.14. The van der Waals surface area contributed by atoms with Crippen LogP contribution >= 0.6 is 27.3 Å². The van der Waals surface area contributed by atoms with E-state index in [2.05, 4.69) is 26.2 Å². The van der Waals surface area contributed by atoms with Gasteiger partial charge in [-0.1, -0.05) is 15.9 Å². The number of amides is 1. The number of nitriles is 1. The van der Waals surface area contributed by atoms with Crippen molar-refractivity contribution in [3.8, 4) is 6.07 Å². The molecule has 0 aliphatic heterocycles. The van der Waals surface area contributed by atoms with Gasteiger partial charge in [0, 0.05) is 4.47 Å². The van der Waals surface area contributed by atoms with Gasteiger partial charge in [-0.2, -0.15) is 5.26 Å². The number of thiazole rings is 1. The molecule has 2 rings (SSSR count). The van der Waals surface area contributed by atoms with Gasteiger partial charge in [-0.25, -0.2) is 4.98 Å².